The Morgan fingerprint density at radius 2 is 0.944 bits per heavy atom. The smallest absolute Gasteiger partial charge is 0.0620 e. The van der Waals surface area contributed by atoms with Crippen LogP contribution in [-0.4, -0.2) is 9.55 Å². The number of hydrogen-bond acceptors (Lipinski definition) is 2. The summed E-state index contributed by atoms with van der Waals surface area (Å²) in [5, 5.41) is 15.1. The Bertz CT molecular complexity index is 3480. The van der Waals surface area contributed by atoms with Crippen LogP contribution in [0.2, 0.25) is 0 Å². The molecule has 12 rings (SSSR count). The summed E-state index contributed by atoms with van der Waals surface area (Å²) >= 11 is 1.87. The van der Waals surface area contributed by atoms with Crippen molar-refractivity contribution in [2.45, 2.75) is 0 Å². The average Bonchev–Trinajstić information content (AvgIpc) is 3.79. The highest BCUT2D eigenvalue weighted by atomic mass is 32.1. The first-order valence-electron chi connectivity index (χ1n) is 18.4. The Hall–Kier alpha value is -6.81. The lowest BCUT2D eigenvalue weighted by molar-refractivity contribution is 1.18. The van der Waals surface area contributed by atoms with Gasteiger partial charge >= 0.3 is 0 Å². The molecule has 0 atom stereocenters. The van der Waals surface area contributed by atoms with Crippen molar-refractivity contribution < 1.29 is 0 Å². The van der Waals surface area contributed by atoms with Crippen LogP contribution in [0.25, 0.3) is 113 Å². The van der Waals surface area contributed by atoms with E-state index >= 15 is 0 Å². The summed E-state index contributed by atoms with van der Waals surface area (Å²) in [7, 11) is 0. The van der Waals surface area contributed by atoms with Gasteiger partial charge in [-0.05, 0) is 115 Å². The molecule has 0 radical (unpaired) electrons. The number of para-hydroxylation sites is 1. The normalized spacial score (nSPS) is 12.1. The van der Waals surface area contributed by atoms with Crippen LogP contribution >= 0.6 is 11.3 Å². The molecule has 0 spiro atoms. The van der Waals surface area contributed by atoms with Crippen molar-refractivity contribution in [2.75, 3.05) is 0 Å². The zero-order valence-corrected chi connectivity index (χ0v) is 29.9. The molecular formula is C51H30N2S. The van der Waals surface area contributed by atoms with Crippen molar-refractivity contribution in [3.8, 4) is 27.9 Å². The largest absolute Gasteiger partial charge is 0.309 e. The van der Waals surface area contributed by atoms with Gasteiger partial charge in [0.05, 0.1) is 11.0 Å². The highest BCUT2D eigenvalue weighted by molar-refractivity contribution is 7.25. The van der Waals surface area contributed by atoms with E-state index in [0.29, 0.717) is 0 Å². The van der Waals surface area contributed by atoms with Gasteiger partial charge in [0.15, 0.2) is 0 Å². The molecule has 3 aromatic heterocycles. The third-order valence-corrected chi connectivity index (χ3v) is 12.6. The number of fused-ring (bicyclic) bond motifs is 14. The predicted molar refractivity (Wildman–Crippen MR) is 232 cm³/mol. The zero-order chi connectivity index (χ0) is 35.3. The van der Waals surface area contributed by atoms with Crippen LogP contribution in [0.1, 0.15) is 0 Å². The molecule has 12 aromatic rings. The molecule has 0 saturated heterocycles. The van der Waals surface area contributed by atoms with Gasteiger partial charge in [-0.25, -0.2) is 0 Å². The van der Waals surface area contributed by atoms with E-state index < -0.39 is 0 Å². The Morgan fingerprint density at radius 1 is 0.370 bits per heavy atom. The molecule has 0 amide bonds. The van der Waals surface area contributed by atoms with Crippen LogP contribution in [0.3, 0.4) is 0 Å². The van der Waals surface area contributed by atoms with Gasteiger partial charge in [-0.15, -0.1) is 11.3 Å². The minimum Gasteiger partial charge on any atom is -0.309 e. The van der Waals surface area contributed by atoms with Gasteiger partial charge in [-0.2, -0.15) is 0 Å². The second kappa shape index (κ2) is 11.3. The monoisotopic (exact) mass is 702 g/mol. The molecule has 9 aromatic carbocycles. The van der Waals surface area contributed by atoms with Crippen LogP contribution in [-0.2, 0) is 0 Å². The summed E-state index contributed by atoms with van der Waals surface area (Å²) in [6, 6.07) is 62.8. The fourth-order valence-corrected chi connectivity index (χ4v) is 10.1. The first kappa shape index (κ1) is 29.7. The van der Waals surface area contributed by atoms with E-state index in [1.165, 1.54) is 96.4 Å². The predicted octanol–water partition coefficient (Wildman–Crippen LogP) is 14.5. The Balaban J connectivity index is 1.09. The maximum absolute atomic E-state index is 4.59. The number of benzene rings is 9. The highest BCUT2D eigenvalue weighted by Crippen LogP contribution is 2.44. The van der Waals surface area contributed by atoms with Crippen LogP contribution < -0.4 is 0 Å². The van der Waals surface area contributed by atoms with Crippen molar-refractivity contribution in [1.82, 2.24) is 9.55 Å². The molecule has 54 heavy (non-hydrogen) atoms. The van der Waals surface area contributed by atoms with E-state index in [4.69, 9.17) is 0 Å². The van der Waals surface area contributed by atoms with E-state index in [-0.39, 0.29) is 0 Å². The number of hydrogen-bond donors (Lipinski definition) is 0. The number of thiophene rings is 1. The van der Waals surface area contributed by atoms with E-state index in [0.717, 1.165) is 16.6 Å². The fourth-order valence-electron chi connectivity index (χ4n) is 9.01. The van der Waals surface area contributed by atoms with Gasteiger partial charge in [0.25, 0.3) is 0 Å². The molecule has 0 fully saturated rings. The van der Waals surface area contributed by atoms with E-state index in [2.05, 4.69) is 179 Å². The minimum atomic E-state index is 1.15. The first-order valence-corrected chi connectivity index (χ1v) is 19.3. The van der Waals surface area contributed by atoms with Crippen LogP contribution in [0.5, 0.6) is 0 Å². The van der Waals surface area contributed by atoms with Gasteiger partial charge in [0.1, 0.15) is 0 Å². The van der Waals surface area contributed by atoms with Crippen molar-refractivity contribution in [3.63, 3.8) is 0 Å². The first-order chi connectivity index (χ1) is 26.8. The molecule has 0 unspecified atom stereocenters. The van der Waals surface area contributed by atoms with E-state index in [9.17, 15) is 0 Å². The molecular weight excluding hydrogens is 673 g/mol. The maximum atomic E-state index is 4.59. The number of pyridine rings is 1. The zero-order valence-electron chi connectivity index (χ0n) is 29.1. The molecule has 3 heterocycles. The molecule has 0 aliphatic carbocycles. The summed E-state index contributed by atoms with van der Waals surface area (Å²) in [6.45, 7) is 0. The summed E-state index contributed by atoms with van der Waals surface area (Å²) in [5.74, 6) is 0. The molecule has 3 heteroatoms. The van der Waals surface area contributed by atoms with Crippen LogP contribution in [0.15, 0.2) is 182 Å². The van der Waals surface area contributed by atoms with Crippen molar-refractivity contribution in [2.24, 2.45) is 0 Å². The van der Waals surface area contributed by atoms with Crippen molar-refractivity contribution in [1.29, 1.82) is 0 Å². The third kappa shape index (κ3) is 4.24. The van der Waals surface area contributed by atoms with Crippen molar-refractivity contribution in [3.05, 3.63) is 182 Å². The summed E-state index contributed by atoms with van der Waals surface area (Å²) in [6.07, 6.45) is 3.92. The van der Waals surface area contributed by atoms with Crippen LogP contribution in [0, 0.1) is 0 Å². The lowest BCUT2D eigenvalue weighted by Gasteiger charge is -2.15. The highest BCUT2D eigenvalue weighted by Gasteiger charge is 2.19. The van der Waals surface area contributed by atoms with Gasteiger partial charge in [-0.1, -0.05) is 115 Å². The lowest BCUT2D eigenvalue weighted by Crippen LogP contribution is -1.94. The minimum absolute atomic E-state index is 1.15. The SMILES string of the molecule is c1ccc(-n2c3ccncc3c3cc(-c4ccc5c6ccc(-c7ccc8sc9ccccc9c8c7)cc6c6ccccc6c5c4)c4ccccc4c32)cc1. The van der Waals surface area contributed by atoms with Gasteiger partial charge in [0.2, 0.25) is 0 Å². The third-order valence-electron chi connectivity index (χ3n) is 11.4. The van der Waals surface area contributed by atoms with Gasteiger partial charge in [0, 0.05) is 54.4 Å². The fraction of sp³-hybridized carbons (Fsp3) is 0. The topological polar surface area (TPSA) is 17.8 Å². The van der Waals surface area contributed by atoms with Crippen molar-refractivity contribution >= 4 is 96.4 Å². The molecule has 0 N–H and O–H groups in total. The molecule has 0 saturated carbocycles. The summed E-state index contributed by atoms with van der Waals surface area (Å²) in [4.78, 5) is 4.59. The second-order valence-electron chi connectivity index (χ2n) is 14.3. The maximum Gasteiger partial charge on any atom is 0.0620 e. The second-order valence-corrected chi connectivity index (χ2v) is 15.4. The lowest BCUT2D eigenvalue weighted by atomic mass is 9.89. The van der Waals surface area contributed by atoms with Gasteiger partial charge < -0.3 is 4.57 Å². The van der Waals surface area contributed by atoms with Crippen LogP contribution in [0.4, 0.5) is 0 Å². The van der Waals surface area contributed by atoms with E-state index in [1.807, 2.05) is 23.7 Å². The quantitative estimate of drug-likeness (QED) is 0.168. The molecule has 0 aliphatic rings. The standard InChI is InChI=1S/C51H30N2S/c1-2-10-34(11-3-1)53-48-24-25-52-30-47(48)46-29-42(37-14-6-7-16-41(37)51(46)53)33-19-22-39-38-21-18-31(26-43(38)35-12-4-5-13-36(35)44(39)28-33)32-20-23-50-45(27-32)40-15-8-9-17-49(40)54-50/h1-30H. The molecule has 2 nitrogen and oxygen atoms in total. The van der Waals surface area contributed by atoms with E-state index in [1.54, 1.807) is 0 Å². The summed E-state index contributed by atoms with van der Waals surface area (Å²) < 4.78 is 5.07. The Labute approximate surface area is 314 Å². The molecule has 0 bridgehead atoms. The number of nitrogens with zero attached hydrogens (tertiary/aromatic N) is 2. The van der Waals surface area contributed by atoms with Gasteiger partial charge in [-0.3, -0.25) is 4.98 Å². The Morgan fingerprint density at radius 3 is 1.72 bits per heavy atom. The number of rotatable bonds is 3. The Kier molecular flexibility index (Phi) is 6.25. The molecule has 0 aliphatic heterocycles. The molecule has 250 valence electrons. The number of aromatic nitrogens is 2. The summed E-state index contributed by atoms with van der Waals surface area (Å²) in [5.41, 5.74) is 8.45. The average molecular weight is 703 g/mol.